The molecule has 1 unspecified atom stereocenters. The minimum Gasteiger partial charge on any atom is -0.396 e. The lowest BCUT2D eigenvalue weighted by Crippen LogP contribution is -2.28. The average molecular weight is 292 g/mol. The van der Waals surface area contributed by atoms with Gasteiger partial charge >= 0.3 is 0 Å². The quantitative estimate of drug-likeness (QED) is 0.615. The molecule has 1 atom stereocenters. The summed E-state index contributed by atoms with van der Waals surface area (Å²) in [6.45, 7) is 7.84. The number of unbranched alkanes of at least 4 members (excludes halogenated alkanes) is 2. The van der Waals surface area contributed by atoms with Gasteiger partial charge in [0.25, 0.3) is 0 Å². The summed E-state index contributed by atoms with van der Waals surface area (Å²) in [4.78, 5) is 2.40. The first-order chi connectivity index (χ1) is 10.2. The lowest BCUT2D eigenvalue weighted by atomic mass is 10.0. The fourth-order valence-electron chi connectivity index (χ4n) is 2.56. The Balaban J connectivity index is 2.38. The van der Waals surface area contributed by atoms with Gasteiger partial charge in [-0.2, -0.15) is 0 Å². The van der Waals surface area contributed by atoms with Crippen LogP contribution < -0.4 is 5.32 Å². The molecule has 21 heavy (non-hydrogen) atoms. The SMILES string of the molecule is CCNC(CCN(C)CCCCCO)c1ccc(C)cc1. The van der Waals surface area contributed by atoms with Crippen LogP contribution in [-0.4, -0.2) is 43.3 Å². The topological polar surface area (TPSA) is 35.5 Å². The zero-order valence-corrected chi connectivity index (χ0v) is 13.9. The number of hydrogen-bond donors (Lipinski definition) is 2. The Bertz CT molecular complexity index is 364. The summed E-state index contributed by atoms with van der Waals surface area (Å²) in [6.07, 6.45) is 4.35. The van der Waals surface area contributed by atoms with E-state index >= 15 is 0 Å². The van der Waals surface area contributed by atoms with Crippen molar-refractivity contribution in [1.82, 2.24) is 10.2 Å². The predicted molar refractivity (Wildman–Crippen MR) is 90.6 cm³/mol. The molecule has 0 amide bonds. The van der Waals surface area contributed by atoms with Crippen molar-refractivity contribution in [3.05, 3.63) is 35.4 Å². The molecule has 0 aliphatic heterocycles. The van der Waals surface area contributed by atoms with Crippen molar-refractivity contribution in [3.63, 3.8) is 0 Å². The number of hydrogen-bond acceptors (Lipinski definition) is 3. The van der Waals surface area contributed by atoms with Crippen molar-refractivity contribution in [2.45, 2.75) is 45.6 Å². The highest BCUT2D eigenvalue weighted by molar-refractivity contribution is 5.24. The second-order valence-corrected chi connectivity index (χ2v) is 5.90. The van der Waals surface area contributed by atoms with Crippen LogP contribution in [0.5, 0.6) is 0 Å². The average Bonchev–Trinajstić information content (AvgIpc) is 2.49. The van der Waals surface area contributed by atoms with Crippen LogP contribution >= 0.6 is 0 Å². The van der Waals surface area contributed by atoms with Crippen LogP contribution in [0.1, 0.15) is 49.8 Å². The molecule has 0 saturated heterocycles. The van der Waals surface area contributed by atoms with Gasteiger partial charge < -0.3 is 15.3 Å². The highest BCUT2D eigenvalue weighted by atomic mass is 16.2. The second kappa shape index (κ2) is 10.8. The minimum atomic E-state index is 0.319. The van der Waals surface area contributed by atoms with Gasteiger partial charge in [0, 0.05) is 12.6 Å². The van der Waals surface area contributed by atoms with E-state index in [2.05, 4.69) is 55.4 Å². The standard InChI is InChI=1S/C18H32N2O/c1-4-19-18(17-10-8-16(2)9-11-17)12-14-20(3)13-6-5-7-15-21/h8-11,18-19,21H,4-7,12-15H2,1-3H3. The molecule has 120 valence electrons. The van der Waals surface area contributed by atoms with Gasteiger partial charge in [0.2, 0.25) is 0 Å². The summed E-state index contributed by atoms with van der Waals surface area (Å²) in [7, 11) is 2.19. The van der Waals surface area contributed by atoms with Crippen LogP contribution in [-0.2, 0) is 0 Å². The summed E-state index contributed by atoms with van der Waals surface area (Å²) in [6, 6.07) is 9.31. The molecule has 0 aromatic heterocycles. The van der Waals surface area contributed by atoms with Crippen LogP contribution in [0.2, 0.25) is 0 Å². The molecule has 1 aromatic rings. The maximum absolute atomic E-state index is 8.79. The van der Waals surface area contributed by atoms with Crippen molar-refractivity contribution >= 4 is 0 Å². The highest BCUT2D eigenvalue weighted by Crippen LogP contribution is 2.17. The van der Waals surface area contributed by atoms with Crippen molar-refractivity contribution in [2.24, 2.45) is 0 Å². The summed E-state index contributed by atoms with van der Waals surface area (Å²) >= 11 is 0. The fourth-order valence-corrected chi connectivity index (χ4v) is 2.56. The normalized spacial score (nSPS) is 12.8. The number of rotatable bonds is 11. The number of aryl methyl sites for hydroxylation is 1. The van der Waals surface area contributed by atoms with Crippen molar-refractivity contribution in [1.29, 1.82) is 0 Å². The second-order valence-electron chi connectivity index (χ2n) is 5.90. The first-order valence-electron chi connectivity index (χ1n) is 8.26. The molecule has 0 spiro atoms. The van der Waals surface area contributed by atoms with Gasteiger partial charge in [-0.1, -0.05) is 36.8 Å². The number of nitrogens with zero attached hydrogens (tertiary/aromatic N) is 1. The molecule has 0 heterocycles. The smallest absolute Gasteiger partial charge is 0.0431 e. The molecular weight excluding hydrogens is 260 g/mol. The summed E-state index contributed by atoms with van der Waals surface area (Å²) < 4.78 is 0. The highest BCUT2D eigenvalue weighted by Gasteiger charge is 2.11. The van der Waals surface area contributed by atoms with E-state index in [1.807, 2.05) is 0 Å². The molecule has 0 aliphatic rings. The largest absolute Gasteiger partial charge is 0.396 e. The van der Waals surface area contributed by atoms with E-state index in [0.717, 1.165) is 38.9 Å². The maximum Gasteiger partial charge on any atom is 0.0431 e. The van der Waals surface area contributed by atoms with Crippen molar-refractivity contribution in [2.75, 3.05) is 33.3 Å². The summed E-state index contributed by atoms with van der Waals surface area (Å²) in [5, 5.41) is 12.4. The van der Waals surface area contributed by atoms with Crippen LogP contribution in [0.25, 0.3) is 0 Å². The van der Waals surface area contributed by atoms with Crippen molar-refractivity contribution < 1.29 is 5.11 Å². The molecule has 0 bridgehead atoms. The third kappa shape index (κ3) is 7.60. The molecule has 1 aromatic carbocycles. The number of benzene rings is 1. The summed E-state index contributed by atoms with van der Waals surface area (Å²) in [5.74, 6) is 0. The monoisotopic (exact) mass is 292 g/mol. The Morgan fingerprint density at radius 2 is 1.81 bits per heavy atom. The van der Waals surface area contributed by atoms with Gasteiger partial charge in [-0.05, 0) is 64.9 Å². The first kappa shape index (κ1) is 18.1. The molecule has 3 heteroatoms. The van der Waals surface area contributed by atoms with E-state index in [-0.39, 0.29) is 0 Å². The number of nitrogens with one attached hydrogen (secondary N) is 1. The zero-order chi connectivity index (χ0) is 15.5. The van der Waals surface area contributed by atoms with Gasteiger partial charge in [0.15, 0.2) is 0 Å². The number of aliphatic hydroxyl groups excluding tert-OH is 1. The van der Waals surface area contributed by atoms with Crippen LogP contribution in [0.15, 0.2) is 24.3 Å². The van der Waals surface area contributed by atoms with Gasteiger partial charge in [-0.3, -0.25) is 0 Å². The third-order valence-electron chi connectivity index (χ3n) is 3.93. The van der Waals surface area contributed by atoms with E-state index in [4.69, 9.17) is 5.11 Å². The third-order valence-corrected chi connectivity index (χ3v) is 3.93. The molecule has 1 rings (SSSR count). The molecule has 3 nitrogen and oxygen atoms in total. The Morgan fingerprint density at radius 1 is 1.10 bits per heavy atom. The lowest BCUT2D eigenvalue weighted by molar-refractivity contribution is 0.268. The van der Waals surface area contributed by atoms with Gasteiger partial charge in [0.05, 0.1) is 0 Å². The van der Waals surface area contributed by atoms with E-state index < -0.39 is 0 Å². The molecule has 0 fully saturated rings. The fraction of sp³-hybridized carbons (Fsp3) is 0.667. The molecule has 0 radical (unpaired) electrons. The van der Waals surface area contributed by atoms with Gasteiger partial charge in [-0.25, -0.2) is 0 Å². The molecular formula is C18H32N2O. The van der Waals surface area contributed by atoms with Crippen molar-refractivity contribution in [3.8, 4) is 0 Å². The van der Waals surface area contributed by atoms with E-state index in [1.165, 1.54) is 17.5 Å². The first-order valence-corrected chi connectivity index (χ1v) is 8.26. The lowest BCUT2D eigenvalue weighted by Gasteiger charge is -2.23. The predicted octanol–water partition coefficient (Wildman–Crippen LogP) is 3.13. The zero-order valence-electron chi connectivity index (χ0n) is 13.9. The Morgan fingerprint density at radius 3 is 2.43 bits per heavy atom. The Hall–Kier alpha value is -0.900. The van der Waals surface area contributed by atoms with E-state index in [1.54, 1.807) is 0 Å². The van der Waals surface area contributed by atoms with Gasteiger partial charge in [0.1, 0.15) is 0 Å². The number of aliphatic hydroxyl groups is 1. The van der Waals surface area contributed by atoms with E-state index in [0.29, 0.717) is 12.6 Å². The Labute approximate surface area is 130 Å². The van der Waals surface area contributed by atoms with E-state index in [9.17, 15) is 0 Å². The maximum atomic E-state index is 8.79. The van der Waals surface area contributed by atoms with Crippen LogP contribution in [0, 0.1) is 6.92 Å². The summed E-state index contributed by atoms with van der Waals surface area (Å²) in [5.41, 5.74) is 2.70. The minimum absolute atomic E-state index is 0.319. The molecule has 0 aliphatic carbocycles. The molecule has 2 N–H and O–H groups in total. The van der Waals surface area contributed by atoms with Crippen LogP contribution in [0.4, 0.5) is 0 Å². The Kier molecular flexibility index (Phi) is 9.31. The molecule has 0 saturated carbocycles. The van der Waals surface area contributed by atoms with Gasteiger partial charge in [-0.15, -0.1) is 0 Å². The van der Waals surface area contributed by atoms with Crippen LogP contribution in [0.3, 0.4) is 0 Å².